The van der Waals surface area contributed by atoms with E-state index in [-0.39, 0.29) is 11.9 Å². The van der Waals surface area contributed by atoms with E-state index in [1.165, 1.54) is 12.8 Å². The first-order valence-corrected chi connectivity index (χ1v) is 6.44. The first-order chi connectivity index (χ1) is 7.83. The maximum atomic E-state index is 11.8. The van der Waals surface area contributed by atoms with Crippen LogP contribution in [-0.4, -0.2) is 37.7 Å². The number of hydrogen-bond donors (Lipinski definition) is 2. The maximum Gasteiger partial charge on any atom is 0.220 e. The molecule has 0 bridgehead atoms. The first-order valence-electron chi connectivity index (χ1n) is 6.44. The molecule has 3 aliphatic rings. The molecule has 90 valence electrons. The average Bonchev–Trinajstić information content (AvgIpc) is 2.95. The molecule has 4 nitrogen and oxygen atoms in total. The van der Waals surface area contributed by atoms with Gasteiger partial charge in [-0.2, -0.15) is 0 Å². The third-order valence-electron chi connectivity index (χ3n) is 3.91. The highest BCUT2D eigenvalue weighted by molar-refractivity contribution is 5.76. The fraction of sp³-hybridized carbons (Fsp3) is 0.917. The summed E-state index contributed by atoms with van der Waals surface area (Å²) in [6.45, 7) is 2.82. The fourth-order valence-electron chi connectivity index (χ4n) is 2.68. The molecule has 2 saturated heterocycles. The van der Waals surface area contributed by atoms with Crippen LogP contribution >= 0.6 is 0 Å². The summed E-state index contributed by atoms with van der Waals surface area (Å²) in [5.41, 5.74) is 0. The number of hydrogen-bond acceptors (Lipinski definition) is 3. The van der Waals surface area contributed by atoms with Gasteiger partial charge in [-0.15, -0.1) is 0 Å². The largest absolute Gasteiger partial charge is 0.376 e. The normalized spacial score (nSPS) is 34.8. The summed E-state index contributed by atoms with van der Waals surface area (Å²) < 4.78 is 5.71. The molecule has 16 heavy (non-hydrogen) atoms. The summed E-state index contributed by atoms with van der Waals surface area (Å²) in [5.74, 6) is 1.49. The number of carbonyl (C=O) groups is 1. The van der Waals surface area contributed by atoms with Crippen molar-refractivity contribution in [2.45, 2.75) is 37.8 Å². The van der Waals surface area contributed by atoms with E-state index in [0.717, 1.165) is 32.0 Å². The van der Waals surface area contributed by atoms with Gasteiger partial charge in [-0.05, 0) is 44.2 Å². The Morgan fingerprint density at radius 2 is 2.12 bits per heavy atom. The van der Waals surface area contributed by atoms with Crippen LogP contribution in [-0.2, 0) is 9.53 Å². The second-order valence-corrected chi connectivity index (χ2v) is 5.36. The van der Waals surface area contributed by atoms with Crippen molar-refractivity contribution >= 4 is 5.91 Å². The van der Waals surface area contributed by atoms with E-state index in [4.69, 9.17) is 4.74 Å². The summed E-state index contributed by atoms with van der Waals surface area (Å²) >= 11 is 0. The van der Waals surface area contributed by atoms with E-state index in [1.807, 2.05) is 0 Å². The minimum atomic E-state index is 0.215. The quantitative estimate of drug-likeness (QED) is 0.721. The molecule has 0 aromatic carbocycles. The van der Waals surface area contributed by atoms with Crippen LogP contribution in [0.15, 0.2) is 0 Å². The van der Waals surface area contributed by atoms with Crippen molar-refractivity contribution in [1.82, 2.24) is 10.6 Å². The number of ether oxygens (including phenoxy) is 1. The lowest BCUT2D eigenvalue weighted by atomic mass is 9.98. The van der Waals surface area contributed by atoms with Gasteiger partial charge in [-0.25, -0.2) is 0 Å². The van der Waals surface area contributed by atoms with E-state index in [0.29, 0.717) is 18.4 Å². The van der Waals surface area contributed by atoms with Crippen LogP contribution in [0, 0.1) is 11.8 Å². The zero-order valence-electron chi connectivity index (χ0n) is 9.58. The number of amides is 1. The molecule has 2 atom stereocenters. The van der Waals surface area contributed by atoms with Crippen molar-refractivity contribution in [1.29, 1.82) is 0 Å². The lowest BCUT2D eigenvalue weighted by Crippen LogP contribution is -2.47. The predicted octanol–water partition coefficient (Wildman–Crippen LogP) is 0.280. The molecule has 0 spiro atoms. The molecular formula is C12H20N2O2. The van der Waals surface area contributed by atoms with Crippen molar-refractivity contribution in [2.24, 2.45) is 11.8 Å². The molecule has 2 heterocycles. The molecule has 3 rings (SSSR count). The molecule has 2 N–H and O–H groups in total. The maximum absolute atomic E-state index is 11.8. The van der Waals surface area contributed by atoms with Gasteiger partial charge in [0.25, 0.3) is 0 Å². The molecule has 0 radical (unpaired) electrons. The Morgan fingerprint density at radius 1 is 1.31 bits per heavy atom. The topological polar surface area (TPSA) is 50.4 Å². The third kappa shape index (κ3) is 2.23. The zero-order chi connectivity index (χ0) is 11.0. The molecule has 2 aliphatic heterocycles. The Labute approximate surface area is 96.1 Å². The van der Waals surface area contributed by atoms with Crippen LogP contribution in [0.5, 0.6) is 0 Å². The summed E-state index contributed by atoms with van der Waals surface area (Å²) in [6, 6.07) is 0.285. The summed E-state index contributed by atoms with van der Waals surface area (Å²) in [5, 5.41) is 6.35. The minimum absolute atomic E-state index is 0.215. The van der Waals surface area contributed by atoms with Crippen LogP contribution in [0.1, 0.15) is 25.7 Å². The van der Waals surface area contributed by atoms with Crippen LogP contribution < -0.4 is 10.6 Å². The molecule has 0 aromatic rings. The van der Waals surface area contributed by atoms with Crippen molar-refractivity contribution in [3.05, 3.63) is 0 Å². The molecule has 1 saturated carbocycles. The zero-order valence-corrected chi connectivity index (χ0v) is 9.58. The van der Waals surface area contributed by atoms with Crippen molar-refractivity contribution < 1.29 is 9.53 Å². The summed E-state index contributed by atoms with van der Waals surface area (Å²) in [4.78, 5) is 11.8. The second-order valence-electron chi connectivity index (χ2n) is 5.36. The summed E-state index contributed by atoms with van der Waals surface area (Å²) in [6.07, 6.45) is 4.55. The highest BCUT2D eigenvalue weighted by Gasteiger charge is 2.41. The van der Waals surface area contributed by atoms with E-state index < -0.39 is 0 Å². The Balaban J connectivity index is 1.46. The van der Waals surface area contributed by atoms with Gasteiger partial charge in [0.1, 0.15) is 0 Å². The van der Waals surface area contributed by atoms with E-state index in [9.17, 15) is 4.79 Å². The predicted molar refractivity (Wildman–Crippen MR) is 60.0 cm³/mol. The Kier molecular flexibility index (Phi) is 2.86. The Morgan fingerprint density at radius 3 is 2.75 bits per heavy atom. The van der Waals surface area contributed by atoms with Crippen LogP contribution in [0.4, 0.5) is 0 Å². The lowest BCUT2D eigenvalue weighted by Gasteiger charge is -2.27. The van der Waals surface area contributed by atoms with Crippen LogP contribution in [0.3, 0.4) is 0 Å². The molecule has 4 heteroatoms. The monoisotopic (exact) mass is 224 g/mol. The highest BCUT2D eigenvalue weighted by atomic mass is 16.5. The van der Waals surface area contributed by atoms with Crippen molar-refractivity contribution in [2.75, 3.05) is 19.7 Å². The second kappa shape index (κ2) is 4.34. The molecule has 1 aliphatic carbocycles. The average molecular weight is 224 g/mol. The first kappa shape index (κ1) is 10.5. The Hall–Kier alpha value is -0.610. The van der Waals surface area contributed by atoms with Gasteiger partial charge in [0.15, 0.2) is 0 Å². The van der Waals surface area contributed by atoms with E-state index in [2.05, 4.69) is 10.6 Å². The molecule has 2 unspecified atom stereocenters. The lowest BCUT2D eigenvalue weighted by molar-refractivity contribution is -0.123. The van der Waals surface area contributed by atoms with Gasteiger partial charge >= 0.3 is 0 Å². The number of carbonyl (C=O) groups excluding carboxylic acids is 1. The fourth-order valence-corrected chi connectivity index (χ4v) is 2.68. The van der Waals surface area contributed by atoms with E-state index in [1.54, 1.807) is 0 Å². The number of rotatable bonds is 4. The van der Waals surface area contributed by atoms with Gasteiger partial charge in [-0.1, -0.05) is 0 Å². The molecule has 3 fully saturated rings. The standard InChI is InChI=1S/C12H20N2O2/c15-11(5-8-6-13-7-8)14-10-3-4-16-12(10)9-1-2-9/h8-10,12-13H,1-7H2,(H,14,15). The minimum Gasteiger partial charge on any atom is -0.376 e. The molecular weight excluding hydrogens is 204 g/mol. The van der Waals surface area contributed by atoms with Crippen LogP contribution in [0.25, 0.3) is 0 Å². The van der Waals surface area contributed by atoms with Gasteiger partial charge in [0.05, 0.1) is 12.1 Å². The van der Waals surface area contributed by atoms with Gasteiger partial charge in [0, 0.05) is 13.0 Å². The molecule has 1 amide bonds. The van der Waals surface area contributed by atoms with Gasteiger partial charge in [-0.3, -0.25) is 4.79 Å². The van der Waals surface area contributed by atoms with Crippen LogP contribution in [0.2, 0.25) is 0 Å². The Bertz CT molecular complexity index is 274. The van der Waals surface area contributed by atoms with Gasteiger partial charge < -0.3 is 15.4 Å². The number of nitrogens with one attached hydrogen (secondary N) is 2. The van der Waals surface area contributed by atoms with E-state index >= 15 is 0 Å². The SMILES string of the molecule is O=C(CC1CNC1)NC1CCOC1C1CC1. The van der Waals surface area contributed by atoms with Crippen molar-refractivity contribution in [3.8, 4) is 0 Å². The molecule has 0 aromatic heterocycles. The highest BCUT2D eigenvalue weighted by Crippen LogP contribution is 2.38. The summed E-state index contributed by atoms with van der Waals surface area (Å²) in [7, 11) is 0. The smallest absolute Gasteiger partial charge is 0.220 e. The third-order valence-corrected chi connectivity index (χ3v) is 3.91. The van der Waals surface area contributed by atoms with Gasteiger partial charge in [0.2, 0.25) is 5.91 Å². The van der Waals surface area contributed by atoms with Crippen molar-refractivity contribution in [3.63, 3.8) is 0 Å².